The predicted molar refractivity (Wildman–Crippen MR) is 101 cm³/mol. The molecule has 0 aliphatic carbocycles. The fraction of sp³-hybridized carbons (Fsp3) is 0.333. The number of nitrogens with zero attached hydrogens (tertiary/aromatic N) is 1. The van der Waals surface area contributed by atoms with E-state index in [0.717, 1.165) is 30.6 Å². The Labute approximate surface area is 154 Å². The number of amides is 2. The minimum atomic E-state index is -0.161. The zero-order valence-corrected chi connectivity index (χ0v) is 15.0. The molecule has 0 radical (unpaired) electrons. The molecule has 1 aliphatic heterocycles. The standard InChI is InChI=1S/C21H24N2O3/c1-2-16-5-3-6-19(13-16)26-15-20(24)22-14-17-8-10-18(11-9-17)23-12-4-7-21(23)25/h3,5-6,8-11,13H,2,4,7,12,14-15H2,1H3,(H,22,24). The Bertz CT molecular complexity index is 771. The highest BCUT2D eigenvalue weighted by molar-refractivity contribution is 5.95. The van der Waals surface area contributed by atoms with Crippen molar-refractivity contribution in [2.75, 3.05) is 18.1 Å². The molecular weight excluding hydrogens is 328 g/mol. The normalized spacial score (nSPS) is 13.7. The van der Waals surface area contributed by atoms with Crippen molar-refractivity contribution in [1.82, 2.24) is 5.32 Å². The van der Waals surface area contributed by atoms with Crippen molar-refractivity contribution in [1.29, 1.82) is 0 Å². The molecule has 3 rings (SSSR count). The van der Waals surface area contributed by atoms with E-state index in [9.17, 15) is 9.59 Å². The monoisotopic (exact) mass is 352 g/mol. The first-order valence-electron chi connectivity index (χ1n) is 9.03. The summed E-state index contributed by atoms with van der Waals surface area (Å²) >= 11 is 0. The Morgan fingerprint density at radius 2 is 1.96 bits per heavy atom. The van der Waals surface area contributed by atoms with Gasteiger partial charge in [0.15, 0.2) is 6.61 Å². The second-order valence-electron chi connectivity index (χ2n) is 6.38. The lowest BCUT2D eigenvalue weighted by Gasteiger charge is -2.16. The highest BCUT2D eigenvalue weighted by Gasteiger charge is 2.21. The first-order chi connectivity index (χ1) is 12.7. The summed E-state index contributed by atoms with van der Waals surface area (Å²) in [5.41, 5.74) is 3.09. The SMILES string of the molecule is CCc1cccc(OCC(=O)NCc2ccc(N3CCCC3=O)cc2)c1. The molecule has 1 fully saturated rings. The number of hydrogen-bond acceptors (Lipinski definition) is 3. The Kier molecular flexibility index (Phi) is 5.89. The topological polar surface area (TPSA) is 58.6 Å². The van der Waals surface area contributed by atoms with Gasteiger partial charge in [0.2, 0.25) is 5.91 Å². The van der Waals surface area contributed by atoms with Crippen LogP contribution < -0.4 is 15.0 Å². The van der Waals surface area contributed by atoms with Gasteiger partial charge in [-0.25, -0.2) is 0 Å². The molecule has 0 saturated carbocycles. The first kappa shape index (κ1) is 18.0. The van der Waals surface area contributed by atoms with E-state index < -0.39 is 0 Å². The van der Waals surface area contributed by atoms with E-state index in [1.807, 2.05) is 48.5 Å². The van der Waals surface area contributed by atoms with Gasteiger partial charge in [-0.15, -0.1) is 0 Å². The molecule has 1 heterocycles. The molecule has 0 spiro atoms. The van der Waals surface area contributed by atoms with Crippen LogP contribution in [0.25, 0.3) is 0 Å². The van der Waals surface area contributed by atoms with Gasteiger partial charge in [-0.1, -0.05) is 31.2 Å². The van der Waals surface area contributed by atoms with Crippen molar-refractivity contribution in [2.45, 2.75) is 32.7 Å². The third-order valence-electron chi connectivity index (χ3n) is 4.49. The van der Waals surface area contributed by atoms with Gasteiger partial charge in [-0.05, 0) is 48.2 Å². The molecule has 1 aliphatic rings. The highest BCUT2D eigenvalue weighted by Crippen LogP contribution is 2.21. The molecule has 0 unspecified atom stereocenters. The lowest BCUT2D eigenvalue weighted by atomic mass is 10.2. The fourth-order valence-corrected chi connectivity index (χ4v) is 2.97. The molecule has 1 N–H and O–H groups in total. The van der Waals surface area contributed by atoms with E-state index in [1.165, 1.54) is 5.56 Å². The summed E-state index contributed by atoms with van der Waals surface area (Å²) in [6.45, 7) is 3.29. The Hall–Kier alpha value is -2.82. The van der Waals surface area contributed by atoms with Gasteiger partial charge in [0.1, 0.15) is 5.75 Å². The van der Waals surface area contributed by atoms with Crippen LogP contribution in [0.15, 0.2) is 48.5 Å². The maximum atomic E-state index is 12.0. The minimum absolute atomic E-state index is 0.00642. The molecule has 2 aromatic carbocycles. The smallest absolute Gasteiger partial charge is 0.258 e. The molecule has 2 aromatic rings. The largest absolute Gasteiger partial charge is 0.484 e. The predicted octanol–water partition coefficient (Wildman–Crippen LogP) is 3.07. The second-order valence-corrected chi connectivity index (χ2v) is 6.38. The number of carbonyl (C=O) groups is 2. The maximum absolute atomic E-state index is 12.0. The lowest BCUT2D eigenvalue weighted by molar-refractivity contribution is -0.123. The highest BCUT2D eigenvalue weighted by atomic mass is 16.5. The number of benzene rings is 2. The summed E-state index contributed by atoms with van der Waals surface area (Å²) < 4.78 is 5.54. The van der Waals surface area contributed by atoms with Crippen LogP contribution >= 0.6 is 0 Å². The zero-order chi connectivity index (χ0) is 18.4. The third kappa shape index (κ3) is 4.63. The van der Waals surface area contributed by atoms with E-state index in [1.54, 1.807) is 4.90 Å². The summed E-state index contributed by atoms with van der Waals surface area (Å²) in [4.78, 5) is 25.5. The number of aryl methyl sites for hydroxylation is 1. The van der Waals surface area contributed by atoms with Gasteiger partial charge in [0.05, 0.1) is 0 Å². The van der Waals surface area contributed by atoms with Gasteiger partial charge in [0, 0.05) is 25.2 Å². The number of anilines is 1. The van der Waals surface area contributed by atoms with Crippen LogP contribution in [0.1, 0.15) is 30.9 Å². The van der Waals surface area contributed by atoms with E-state index in [2.05, 4.69) is 12.2 Å². The van der Waals surface area contributed by atoms with Gasteiger partial charge < -0.3 is 15.0 Å². The number of hydrogen-bond donors (Lipinski definition) is 1. The van der Waals surface area contributed by atoms with Crippen LogP contribution in [0.4, 0.5) is 5.69 Å². The van der Waals surface area contributed by atoms with Crippen molar-refractivity contribution in [3.8, 4) is 5.75 Å². The van der Waals surface area contributed by atoms with Crippen LogP contribution in [0, 0.1) is 0 Å². The first-order valence-corrected chi connectivity index (χ1v) is 9.03. The molecule has 5 heteroatoms. The van der Waals surface area contributed by atoms with Crippen molar-refractivity contribution in [3.63, 3.8) is 0 Å². The number of rotatable bonds is 7. The Morgan fingerprint density at radius 3 is 2.65 bits per heavy atom. The molecule has 2 amide bonds. The average molecular weight is 352 g/mol. The van der Waals surface area contributed by atoms with Crippen molar-refractivity contribution in [2.24, 2.45) is 0 Å². The summed E-state index contributed by atoms with van der Waals surface area (Å²) in [5.74, 6) is 0.722. The summed E-state index contributed by atoms with van der Waals surface area (Å²) in [5, 5.41) is 2.85. The van der Waals surface area contributed by atoms with Crippen LogP contribution in [-0.4, -0.2) is 25.0 Å². The van der Waals surface area contributed by atoms with Crippen LogP contribution in [0.2, 0.25) is 0 Å². The molecule has 136 valence electrons. The second kappa shape index (κ2) is 8.52. The third-order valence-corrected chi connectivity index (χ3v) is 4.49. The van der Waals surface area contributed by atoms with Gasteiger partial charge in [-0.3, -0.25) is 9.59 Å². The molecular formula is C21H24N2O3. The molecule has 1 saturated heterocycles. The fourth-order valence-electron chi connectivity index (χ4n) is 2.97. The minimum Gasteiger partial charge on any atom is -0.484 e. The van der Waals surface area contributed by atoms with E-state index in [0.29, 0.717) is 18.7 Å². The quantitative estimate of drug-likeness (QED) is 0.833. The van der Waals surface area contributed by atoms with Gasteiger partial charge >= 0.3 is 0 Å². The summed E-state index contributed by atoms with van der Waals surface area (Å²) in [6, 6.07) is 15.5. The Morgan fingerprint density at radius 1 is 1.15 bits per heavy atom. The Balaban J connectivity index is 1.46. The number of carbonyl (C=O) groups excluding carboxylic acids is 2. The lowest BCUT2D eigenvalue weighted by Crippen LogP contribution is -2.28. The molecule has 0 aromatic heterocycles. The van der Waals surface area contributed by atoms with E-state index in [4.69, 9.17) is 4.74 Å². The van der Waals surface area contributed by atoms with Crippen molar-refractivity contribution in [3.05, 3.63) is 59.7 Å². The molecule has 0 bridgehead atoms. The van der Waals surface area contributed by atoms with Crippen LogP contribution in [-0.2, 0) is 22.6 Å². The summed E-state index contributed by atoms with van der Waals surface area (Å²) in [7, 11) is 0. The van der Waals surface area contributed by atoms with Crippen LogP contribution in [0.3, 0.4) is 0 Å². The zero-order valence-electron chi connectivity index (χ0n) is 15.0. The number of ether oxygens (including phenoxy) is 1. The maximum Gasteiger partial charge on any atom is 0.258 e. The van der Waals surface area contributed by atoms with Gasteiger partial charge in [-0.2, -0.15) is 0 Å². The van der Waals surface area contributed by atoms with E-state index >= 15 is 0 Å². The van der Waals surface area contributed by atoms with Crippen molar-refractivity contribution >= 4 is 17.5 Å². The van der Waals surface area contributed by atoms with Crippen molar-refractivity contribution < 1.29 is 14.3 Å². The van der Waals surface area contributed by atoms with Crippen LogP contribution in [0.5, 0.6) is 5.75 Å². The molecule has 0 atom stereocenters. The van der Waals surface area contributed by atoms with E-state index in [-0.39, 0.29) is 18.4 Å². The number of nitrogens with one attached hydrogen (secondary N) is 1. The summed E-state index contributed by atoms with van der Waals surface area (Å²) in [6.07, 6.45) is 2.47. The molecule has 5 nitrogen and oxygen atoms in total. The molecule has 26 heavy (non-hydrogen) atoms. The average Bonchev–Trinajstić information content (AvgIpc) is 3.11. The van der Waals surface area contributed by atoms with Gasteiger partial charge in [0.25, 0.3) is 5.91 Å².